The number of aromatic hydroxyl groups is 1. The predicted molar refractivity (Wildman–Crippen MR) is 122 cm³/mol. The van der Waals surface area contributed by atoms with Crippen molar-refractivity contribution in [1.29, 1.82) is 0 Å². The van der Waals surface area contributed by atoms with E-state index in [1.807, 2.05) is 36.5 Å². The van der Waals surface area contributed by atoms with Gasteiger partial charge in [0.1, 0.15) is 11.5 Å². The van der Waals surface area contributed by atoms with Gasteiger partial charge in [-0.15, -0.1) is 0 Å². The first-order valence-electron chi connectivity index (χ1n) is 9.89. The second kappa shape index (κ2) is 8.75. The molecular weight excluding hydrogens is 390 g/mol. The van der Waals surface area contributed by atoms with Gasteiger partial charge in [0, 0.05) is 35.3 Å². The fourth-order valence-electron chi connectivity index (χ4n) is 3.53. The number of carbonyl (C=O) groups excluding carboxylic acids is 1. The number of methoxy groups -OCH3 is 1. The summed E-state index contributed by atoms with van der Waals surface area (Å²) in [6.07, 6.45) is 3.65. The van der Waals surface area contributed by atoms with Crippen molar-refractivity contribution in [3.05, 3.63) is 95.2 Å². The summed E-state index contributed by atoms with van der Waals surface area (Å²) in [5.74, 6) is -0.194. The second-order valence-electron chi connectivity index (χ2n) is 7.24. The minimum absolute atomic E-state index is 0.125. The SMILES string of the molecule is COc1ccc(C(=O)N/N=C\c2cn(Cc3ccccc3C)c3ccccc23)c(O)c1. The number of amides is 1. The van der Waals surface area contributed by atoms with Gasteiger partial charge in [-0.2, -0.15) is 5.10 Å². The first-order valence-corrected chi connectivity index (χ1v) is 9.89. The molecule has 0 saturated carbocycles. The largest absolute Gasteiger partial charge is 0.507 e. The third-order valence-electron chi connectivity index (χ3n) is 5.24. The van der Waals surface area contributed by atoms with Crippen LogP contribution in [0.15, 0.2) is 78.0 Å². The molecule has 1 amide bonds. The monoisotopic (exact) mass is 413 g/mol. The lowest BCUT2D eigenvalue weighted by Gasteiger charge is -2.08. The van der Waals surface area contributed by atoms with E-state index in [4.69, 9.17) is 4.74 Å². The molecule has 31 heavy (non-hydrogen) atoms. The molecule has 1 aromatic heterocycles. The van der Waals surface area contributed by atoms with Crippen LogP contribution in [0.3, 0.4) is 0 Å². The molecule has 0 aliphatic rings. The molecule has 0 saturated heterocycles. The quantitative estimate of drug-likeness (QED) is 0.362. The fourth-order valence-corrected chi connectivity index (χ4v) is 3.53. The van der Waals surface area contributed by atoms with Gasteiger partial charge in [0.05, 0.1) is 18.9 Å². The number of phenolic OH excluding ortho intramolecular Hbond substituents is 1. The van der Waals surface area contributed by atoms with E-state index in [2.05, 4.69) is 40.2 Å². The average Bonchev–Trinajstić information content (AvgIpc) is 3.12. The average molecular weight is 413 g/mol. The lowest BCUT2D eigenvalue weighted by molar-refractivity contribution is 0.0952. The number of rotatable bonds is 6. The van der Waals surface area contributed by atoms with Crippen LogP contribution in [0.1, 0.15) is 27.0 Å². The maximum Gasteiger partial charge on any atom is 0.275 e. The van der Waals surface area contributed by atoms with Crippen LogP contribution < -0.4 is 10.2 Å². The van der Waals surface area contributed by atoms with Gasteiger partial charge in [-0.1, -0.05) is 42.5 Å². The summed E-state index contributed by atoms with van der Waals surface area (Å²) in [6, 6.07) is 20.9. The topological polar surface area (TPSA) is 75.8 Å². The number of nitrogens with one attached hydrogen (secondary N) is 1. The van der Waals surface area contributed by atoms with Crippen LogP contribution >= 0.6 is 0 Å². The lowest BCUT2D eigenvalue weighted by Crippen LogP contribution is -2.17. The highest BCUT2D eigenvalue weighted by Crippen LogP contribution is 2.24. The number of hydrogen-bond acceptors (Lipinski definition) is 4. The summed E-state index contributed by atoms with van der Waals surface area (Å²) < 4.78 is 7.21. The Balaban J connectivity index is 1.57. The number of phenols is 1. The standard InChI is InChI=1S/C25H23N3O3/c1-17-7-3-4-8-18(17)15-28-16-19(21-9-5-6-10-23(21)28)14-26-27-25(30)22-12-11-20(31-2)13-24(22)29/h3-14,16,29H,15H2,1-2H3,(H,27,30)/b26-14-. The summed E-state index contributed by atoms with van der Waals surface area (Å²) in [6.45, 7) is 2.85. The van der Waals surface area contributed by atoms with Crippen molar-refractivity contribution in [1.82, 2.24) is 9.99 Å². The Morgan fingerprint density at radius 3 is 2.68 bits per heavy atom. The third-order valence-corrected chi connectivity index (χ3v) is 5.24. The number of nitrogens with zero attached hydrogens (tertiary/aromatic N) is 2. The molecule has 0 spiro atoms. The first kappa shape index (κ1) is 20.2. The van der Waals surface area contributed by atoms with Gasteiger partial charge in [-0.05, 0) is 36.2 Å². The normalized spacial score (nSPS) is 11.2. The molecule has 156 valence electrons. The number of benzene rings is 3. The van der Waals surface area contributed by atoms with E-state index in [1.165, 1.54) is 30.4 Å². The van der Waals surface area contributed by atoms with Crippen LogP contribution in [0.4, 0.5) is 0 Å². The van der Waals surface area contributed by atoms with Crippen molar-refractivity contribution in [3.8, 4) is 11.5 Å². The highest BCUT2D eigenvalue weighted by Gasteiger charge is 2.12. The number of ether oxygens (including phenoxy) is 1. The Morgan fingerprint density at radius 1 is 1.13 bits per heavy atom. The zero-order valence-electron chi connectivity index (χ0n) is 17.4. The Labute approximate surface area is 180 Å². The highest BCUT2D eigenvalue weighted by atomic mass is 16.5. The van der Waals surface area contributed by atoms with E-state index in [0.717, 1.165) is 23.0 Å². The van der Waals surface area contributed by atoms with Gasteiger partial charge in [0.25, 0.3) is 5.91 Å². The summed E-state index contributed by atoms with van der Waals surface area (Å²) in [7, 11) is 1.49. The van der Waals surface area contributed by atoms with Gasteiger partial charge in [-0.25, -0.2) is 5.43 Å². The fraction of sp³-hybridized carbons (Fsp3) is 0.120. The van der Waals surface area contributed by atoms with Crippen LogP contribution in [0.5, 0.6) is 11.5 Å². The lowest BCUT2D eigenvalue weighted by atomic mass is 10.1. The molecule has 2 N–H and O–H groups in total. The molecule has 4 rings (SSSR count). The van der Waals surface area contributed by atoms with E-state index >= 15 is 0 Å². The van der Waals surface area contributed by atoms with Gasteiger partial charge in [-0.3, -0.25) is 4.79 Å². The zero-order chi connectivity index (χ0) is 21.8. The van der Waals surface area contributed by atoms with Crippen molar-refractivity contribution in [2.75, 3.05) is 7.11 Å². The van der Waals surface area contributed by atoms with E-state index in [9.17, 15) is 9.90 Å². The number of fused-ring (bicyclic) bond motifs is 1. The van der Waals surface area contributed by atoms with Crippen LogP contribution in [-0.2, 0) is 6.54 Å². The summed E-state index contributed by atoms with van der Waals surface area (Å²) >= 11 is 0. The molecule has 0 radical (unpaired) electrons. The van der Waals surface area contributed by atoms with Crippen molar-refractivity contribution in [2.24, 2.45) is 5.10 Å². The smallest absolute Gasteiger partial charge is 0.275 e. The van der Waals surface area contributed by atoms with Crippen molar-refractivity contribution >= 4 is 23.0 Å². The van der Waals surface area contributed by atoms with Gasteiger partial charge >= 0.3 is 0 Å². The molecule has 0 unspecified atom stereocenters. The molecule has 6 nitrogen and oxygen atoms in total. The molecule has 0 aliphatic heterocycles. The Morgan fingerprint density at radius 2 is 1.90 bits per heavy atom. The number of hydrogen-bond donors (Lipinski definition) is 2. The van der Waals surface area contributed by atoms with Crippen LogP contribution in [0.2, 0.25) is 0 Å². The third kappa shape index (κ3) is 4.28. The van der Waals surface area contributed by atoms with Gasteiger partial charge in [0.15, 0.2) is 0 Å². The van der Waals surface area contributed by atoms with Crippen molar-refractivity contribution < 1.29 is 14.6 Å². The number of aryl methyl sites for hydroxylation is 1. The summed E-state index contributed by atoms with van der Waals surface area (Å²) in [5, 5.41) is 15.2. The molecule has 0 atom stereocenters. The van der Waals surface area contributed by atoms with Crippen molar-refractivity contribution in [3.63, 3.8) is 0 Å². The maximum atomic E-state index is 12.4. The molecule has 6 heteroatoms. The first-order chi connectivity index (χ1) is 15.1. The van der Waals surface area contributed by atoms with E-state index in [0.29, 0.717) is 5.75 Å². The molecule has 0 fully saturated rings. The maximum absolute atomic E-state index is 12.4. The molecule has 0 aliphatic carbocycles. The van der Waals surface area contributed by atoms with Crippen LogP contribution in [-0.4, -0.2) is 28.9 Å². The number of carbonyl (C=O) groups is 1. The van der Waals surface area contributed by atoms with E-state index < -0.39 is 5.91 Å². The van der Waals surface area contributed by atoms with E-state index in [1.54, 1.807) is 12.3 Å². The summed E-state index contributed by atoms with van der Waals surface area (Å²) in [5.41, 5.74) is 7.07. The van der Waals surface area contributed by atoms with Gasteiger partial charge in [0.2, 0.25) is 0 Å². The molecule has 0 bridgehead atoms. The number of aromatic nitrogens is 1. The zero-order valence-corrected chi connectivity index (χ0v) is 17.4. The molecular formula is C25H23N3O3. The van der Waals surface area contributed by atoms with Crippen LogP contribution in [0, 0.1) is 6.92 Å². The van der Waals surface area contributed by atoms with Crippen LogP contribution in [0.25, 0.3) is 10.9 Å². The van der Waals surface area contributed by atoms with Crippen molar-refractivity contribution in [2.45, 2.75) is 13.5 Å². The molecule has 3 aromatic carbocycles. The number of hydrazone groups is 1. The summed E-state index contributed by atoms with van der Waals surface area (Å²) in [4.78, 5) is 12.4. The second-order valence-corrected chi connectivity index (χ2v) is 7.24. The predicted octanol–water partition coefficient (Wildman–Crippen LogP) is 4.48. The molecule has 1 heterocycles. The Bertz CT molecular complexity index is 1270. The number of para-hydroxylation sites is 1. The highest BCUT2D eigenvalue weighted by molar-refractivity contribution is 6.01. The molecule has 4 aromatic rings. The van der Waals surface area contributed by atoms with E-state index in [-0.39, 0.29) is 11.3 Å². The minimum atomic E-state index is -0.500. The van der Waals surface area contributed by atoms with Gasteiger partial charge < -0.3 is 14.4 Å². The minimum Gasteiger partial charge on any atom is -0.507 e. The Kier molecular flexibility index (Phi) is 5.71. The Hall–Kier alpha value is -4.06.